The molecule has 0 bridgehead atoms. The van der Waals surface area contributed by atoms with Gasteiger partial charge in [0.25, 0.3) is 0 Å². The lowest BCUT2D eigenvalue weighted by atomic mass is 10.2. The molecule has 0 heterocycles. The maximum Gasteiger partial charge on any atom is 0.320 e. The van der Waals surface area contributed by atoms with Crippen LogP contribution < -0.4 is 4.74 Å². The molecule has 1 aromatic rings. The molecule has 0 unspecified atom stereocenters. The Bertz CT molecular complexity index is 437. The number of hydrogen-bond donors (Lipinski definition) is 0. The summed E-state index contributed by atoms with van der Waals surface area (Å²) in [4.78, 5) is 13.5. The predicted octanol–water partition coefficient (Wildman–Crippen LogP) is 3.12. The average molecular weight is 300 g/mol. The van der Waals surface area contributed by atoms with Gasteiger partial charge < -0.3 is 9.47 Å². The first kappa shape index (κ1) is 16.8. The lowest BCUT2D eigenvalue weighted by Gasteiger charge is -2.17. The van der Waals surface area contributed by atoms with E-state index < -0.39 is 0 Å². The summed E-state index contributed by atoms with van der Waals surface area (Å²) < 4.78 is 10.4. The van der Waals surface area contributed by atoms with Crippen LogP contribution >= 0.6 is 11.6 Å². The molecule has 0 radical (unpaired) electrons. The third kappa shape index (κ3) is 5.80. The molecule has 112 valence electrons. The topological polar surface area (TPSA) is 38.8 Å². The first-order chi connectivity index (χ1) is 9.56. The number of nitrogens with zero attached hydrogens (tertiary/aromatic N) is 1. The summed E-state index contributed by atoms with van der Waals surface area (Å²) >= 11 is 5.98. The minimum Gasteiger partial charge on any atom is -0.496 e. The maximum atomic E-state index is 11.6. The van der Waals surface area contributed by atoms with Crippen LogP contribution in [0.3, 0.4) is 0 Å². The van der Waals surface area contributed by atoms with Crippen LogP contribution in [0.1, 0.15) is 25.3 Å². The van der Waals surface area contributed by atoms with Crippen molar-refractivity contribution in [3.05, 3.63) is 28.8 Å². The van der Waals surface area contributed by atoms with Crippen LogP contribution in [0.15, 0.2) is 18.2 Å². The minimum absolute atomic E-state index is 0.207. The van der Waals surface area contributed by atoms with Crippen molar-refractivity contribution >= 4 is 17.6 Å². The SMILES string of the molecule is CCCCOC(=O)CN(C)Cc1cc(Cl)ccc1OC. The second-order valence-corrected chi connectivity index (χ2v) is 5.14. The fourth-order valence-electron chi connectivity index (χ4n) is 1.81. The largest absolute Gasteiger partial charge is 0.496 e. The van der Waals surface area contributed by atoms with Crippen molar-refractivity contribution in [2.75, 3.05) is 27.3 Å². The van der Waals surface area contributed by atoms with Crippen LogP contribution in [0.2, 0.25) is 5.02 Å². The van der Waals surface area contributed by atoms with Gasteiger partial charge >= 0.3 is 5.97 Å². The number of carbonyl (C=O) groups is 1. The molecular formula is C15H22ClNO3. The quantitative estimate of drug-likeness (QED) is 0.546. The van der Waals surface area contributed by atoms with E-state index in [1.807, 2.05) is 24.1 Å². The number of unbranched alkanes of at least 4 members (excludes halogenated alkanes) is 1. The molecule has 0 aliphatic rings. The standard InChI is InChI=1S/C15H22ClNO3/c1-4-5-8-20-15(18)11-17(2)10-12-9-13(16)6-7-14(12)19-3/h6-7,9H,4-5,8,10-11H2,1-3H3. The Balaban J connectivity index is 2.51. The molecule has 5 heteroatoms. The number of benzene rings is 1. The number of ether oxygens (including phenoxy) is 2. The molecule has 1 aromatic carbocycles. The van der Waals surface area contributed by atoms with Gasteiger partial charge in [0.1, 0.15) is 5.75 Å². The molecule has 0 amide bonds. The highest BCUT2D eigenvalue weighted by Gasteiger charge is 2.11. The van der Waals surface area contributed by atoms with Crippen LogP contribution in [0.5, 0.6) is 5.75 Å². The van der Waals surface area contributed by atoms with E-state index >= 15 is 0 Å². The molecule has 0 N–H and O–H groups in total. The summed E-state index contributed by atoms with van der Waals surface area (Å²) in [7, 11) is 3.48. The summed E-state index contributed by atoms with van der Waals surface area (Å²) in [5.41, 5.74) is 0.948. The van der Waals surface area contributed by atoms with Crippen molar-refractivity contribution < 1.29 is 14.3 Å². The minimum atomic E-state index is -0.207. The number of esters is 1. The Morgan fingerprint density at radius 2 is 2.15 bits per heavy atom. The highest BCUT2D eigenvalue weighted by Crippen LogP contribution is 2.23. The van der Waals surface area contributed by atoms with Gasteiger partial charge in [-0.1, -0.05) is 24.9 Å². The predicted molar refractivity (Wildman–Crippen MR) is 80.2 cm³/mol. The van der Waals surface area contributed by atoms with Crippen molar-refractivity contribution in [1.82, 2.24) is 4.90 Å². The van der Waals surface area contributed by atoms with Gasteiger partial charge in [0, 0.05) is 17.1 Å². The molecule has 20 heavy (non-hydrogen) atoms. The zero-order chi connectivity index (χ0) is 15.0. The van der Waals surface area contributed by atoms with Crippen molar-refractivity contribution in [2.45, 2.75) is 26.3 Å². The number of halogens is 1. The van der Waals surface area contributed by atoms with Gasteiger partial charge in [0.05, 0.1) is 20.3 Å². The second-order valence-electron chi connectivity index (χ2n) is 4.70. The van der Waals surface area contributed by atoms with E-state index in [2.05, 4.69) is 6.92 Å². The van der Waals surface area contributed by atoms with Crippen molar-refractivity contribution in [1.29, 1.82) is 0 Å². The van der Waals surface area contributed by atoms with Crippen LogP contribution in [0.4, 0.5) is 0 Å². The average Bonchev–Trinajstić information content (AvgIpc) is 2.39. The van der Waals surface area contributed by atoms with E-state index in [9.17, 15) is 4.79 Å². The first-order valence-electron chi connectivity index (χ1n) is 6.73. The fraction of sp³-hybridized carbons (Fsp3) is 0.533. The Morgan fingerprint density at radius 3 is 2.80 bits per heavy atom. The van der Waals surface area contributed by atoms with Gasteiger partial charge in [-0.2, -0.15) is 0 Å². The Kier molecular flexibility index (Phi) is 7.41. The lowest BCUT2D eigenvalue weighted by molar-refractivity contribution is -0.144. The van der Waals surface area contributed by atoms with Crippen LogP contribution in [0, 0.1) is 0 Å². The fourth-order valence-corrected chi connectivity index (χ4v) is 2.01. The van der Waals surface area contributed by atoms with Gasteiger partial charge in [-0.25, -0.2) is 0 Å². The third-order valence-electron chi connectivity index (χ3n) is 2.84. The second kappa shape index (κ2) is 8.82. The summed E-state index contributed by atoms with van der Waals surface area (Å²) in [5.74, 6) is 0.558. The Labute approximate surface area is 125 Å². The van der Waals surface area contributed by atoms with Crippen LogP contribution in [-0.2, 0) is 16.1 Å². The number of hydrogen-bond acceptors (Lipinski definition) is 4. The lowest BCUT2D eigenvalue weighted by Crippen LogP contribution is -2.27. The number of methoxy groups -OCH3 is 1. The van der Waals surface area contributed by atoms with Crippen LogP contribution in [0.25, 0.3) is 0 Å². The van der Waals surface area contributed by atoms with E-state index in [1.165, 1.54) is 0 Å². The monoisotopic (exact) mass is 299 g/mol. The van der Waals surface area contributed by atoms with Gasteiger partial charge in [-0.15, -0.1) is 0 Å². The van der Waals surface area contributed by atoms with Gasteiger partial charge in [0.2, 0.25) is 0 Å². The molecule has 0 aliphatic heterocycles. The highest BCUT2D eigenvalue weighted by molar-refractivity contribution is 6.30. The maximum absolute atomic E-state index is 11.6. The normalized spacial score (nSPS) is 10.7. The molecule has 0 aliphatic carbocycles. The van der Waals surface area contributed by atoms with Crippen molar-refractivity contribution in [2.24, 2.45) is 0 Å². The molecule has 0 fully saturated rings. The molecular weight excluding hydrogens is 278 g/mol. The van der Waals surface area contributed by atoms with E-state index in [0.717, 1.165) is 24.2 Å². The molecule has 1 rings (SSSR count). The van der Waals surface area contributed by atoms with Gasteiger partial charge in [-0.05, 0) is 31.7 Å². The van der Waals surface area contributed by atoms with E-state index in [-0.39, 0.29) is 12.5 Å². The van der Waals surface area contributed by atoms with Gasteiger partial charge in [0.15, 0.2) is 0 Å². The molecule has 0 atom stereocenters. The number of carbonyl (C=O) groups excluding carboxylic acids is 1. The summed E-state index contributed by atoms with van der Waals surface area (Å²) in [6.45, 7) is 3.38. The summed E-state index contributed by atoms with van der Waals surface area (Å²) in [6.07, 6.45) is 1.92. The molecule has 0 spiro atoms. The first-order valence-corrected chi connectivity index (χ1v) is 7.11. The Hall–Kier alpha value is -1.26. The molecule has 4 nitrogen and oxygen atoms in total. The summed E-state index contributed by atoms with van der Waals surface area (Å²) in [5, 5.41) is 0.653. The third-order valence-corrected chi connectivity index (χ3v) is 3.08. The van der Waals surface area contributed by atoms with E-state index in [4.69, 9.17) is 21.1 Å². The summed E-state index contributed by atoms with van der Waals surface area (Å²) in [6, 6.07) is 5.45. The Morgan fingerprint density at radius 1 is 1.40 bits per heavy atom. The smallest absolute Gasteiger partial charge is 0.320 e. The van der Waals surface area contributed by atoms with E-state index in [0.29, 0.717) is 18.2 Å². The number of rotatable bonds is 8. The van der Waals surface area contributed by atoms with Crippen LogP contribution in [-0.4, -0.2) is 38.2 Å². The molecule has 0 saturated heterocycles. The molecule has 0 aromatic heterocycles. The zero-order valence-electron chi connectivity index (χ0n) is 12.3. The van der Waals surface area contributed by atoms with Crippen molar-refractivity contribution in [3.63, 3.8) is 0 Å². The van der Waals surface area contributed by atoms with E-state index in [1.54, 1.807) is 13.2 Å². The van der Waals surface area contributed by atoms with Gasteiger partial charge in [-0.3, -0.25) is 9.69 Å². The van der Waals surface area contributed by atoms with Crippen molar-refractivity contribution in [3.8, 4) is 5.75 Å². The molecule has 0 saturated carbocycles. The highest BCUT2D eigenvalue weighted by atomic mass is 35.5. The zero-order valence-corrected chi connectivity index (χ0v) is 13.1. The number of likely N-dealkylation sites (N-methyl/N-ethyl adjacent to an activating group) is 1.